The van der Waals surface area contributed by atoms with Crippen LogP contribution in [0.4, 0.5) is 0 Å². The van der Waals surface area contributed by atoms with Gasteiger partial charge in [0.2, 0.25) is 0 Å². The van der Waals surface area contributed by atoms with E-state index in [1.807, 2.05) is 0 Å². The number of hydrogen-bond acceptors (Lipinski definition) is 4. The molecule has 0 aromatic carbocycles. The van der Waals surface area contributed by atoms with E-state index in [0.717, 1.165) is 0 Å². The average Bonchev–Trinajstić information content (AvgIpc) is 2.34. The van der Waals surface area contributed by atoms with E-state index < -0.39 is 6.10 Å². The molecule has 2 N–H and O–H groups in total. The fraction of sp³-hybridized carbons (Fsp3) is 0.500. The fourth-order valence-electron chi connectivity index (χ4n) is 0.567. The zero-order valence-corrected chi connectivity index (χ0v) is 6.55. The predicted octanol–water partition coefficient (Wildman–Crippen LogP) is 1.49. The van der Waals surface area contributed by atoms with Crippen LogP contribution in [0.3, 0.4) is 0 Å². The summed E-state index contributed by atoms with van der Waals surface area (Å²) in [6, 6.07) is 0. The molecule has 1 heterocycles. The third-order valence-electron chi connectivity index (χ3n) is 1.06. The van der Waals surface area contributed by atoms with E-state index in [-0.39, 0.29) is 5.84 Å². The van der Waals surface area contributed by atoms with Gasteiger partial charge in [0.1, 0.15) is 4.62 Å². The summed E-state index contributed by atoms with van der Waals surface area (Å²) in [4.78, 5) is 4.72. The van der Waals surface area contributed by atoms with Gasteiger partial charge in [-0.3, -0.25) is 5.41 Å². The Labute approximate surface area is 65.6 Å². The Morgan fingerprint density at radius 1 is 1.90 bits per heavy atom. The molecule has 0 bridgehead atoms. The van der Waals surface area contributed by atoms with Crippen LogP contribution >= 0.6 is 15.9 Å². The van der Waals surface area contributed by atoms with Gasteiger partial charge in [-0.05, 0) is 15.9 Å². The molecule has 6 heteroatoms. The van der Waals surface area contributed by atoms with Crippen molar-refractivity contribution in [2.45, 2.75) is 12.5 Å². The minimum atomic E-state index is -0.466. The maximum atomic E-state index is 7.05. The van der Waals surface area contributed by atoms with Gasteiger partial charge in [0.15, 0.2) is 11.9 Å². The Kier molecular flexibility index (Phi) is 2.10. The normalized spacial score (nSPS) is 23.3. The number of halogens is 1. The van der Waals surface area contributed by atoms with Crippen LogP contribution in [0.5, 0.6) is 0 Å². The molecular formula is C4H5BrN4O. The van der Waals surface area contributed by atoms with E-state index in [0.29, 0.717) is 11.0 Å². The highest BCUT2D eigenvalue weighted by molar-refractivity contribution is 9.18. The molecule has 0 aromatic rings. The number of hydrogen-bond donors (Lipinski definition) is 2. The molecule has 0 amide bonds. The monoisotopic (exact) mass is 204 g/mol. The van der Waals surface area contributed by atoms with Crippen molar-refractivity contribution in [3.8, 4) is 0 Å². The topological polar surface area (TPSA) is 81.7 Å². The summed E-state index contributed by atoms with van der Waals surface area (Å²) < 4.78 is 0.658. The molecule has 1 aliphatic heterocycles. The van der Waals surface area contributed by atoms with Crippen molar-refractivity contribution in [3.05, 3.63) is 0 Å². The SMILES string of the molecule is N=NC(=N)C1CC(Br)=NO1. The molecular weight excluding hydrogens is 200 g/mol. The number of oxime groups is 1. The quantitative estimate of drug-likeness (QED) is 0.379. The van der Waals surface area contributed by atoms with Gasteiger partial charge in [0.05, 0.1) is 0 Å². The van der Waals surface area contributed by atoms with Crippen molar-refractivity contribution < 1.29 is 4.84 Å². The van der Waals surface area contributed by atoms with Crippen LogP contribution in [-0.2, 0) is 4.84 Å². The van der Waals surface area contributed by atoms with Gasteiger partial charge in [0, 0.05) is 6.42 Å². The summed E-state index contributed by atoms with van der Waals surface area (Å²) in [7, 11) is 0. The minimum absolute atomic E-state index is 0.0989. The van der Waals surface area contributed by atoms with Crippen LogP contribution in [0.2, 0.25) is 0 Å². The Morgan fingerprint density at radius 2 is 2.60 bits per heavy atom. The molecule has 1 aliphatic rings. The van der Waals surface area contributed by atoms with Gasteiger partial charge in [-0.1, -0.05) is 5.16 Å². The third-order valence-corrected chi connectivity index (χ3v) is 1.53. The number of amidine groups is 1. The Hall–Kier alpha value is -0.780. The van der Waals surface area contributed by atoms with Crippen LogP contribution in [0.15, 0.2) is 10.3 Å². The Balaban J connectivity index is 2.50. The second-order valence-electron chi connectivity index (χ2n) is 1.76. The number of rotatable bonds is 1. The van der Waals surface area contributed by atoms with E-state index in [1.165, 1.54) is 0 Å². The van der Waals surface area contributed by atoms with Gasteiger partial charge < -0.3 is 4.84 Å². The van der Waals surface area contributed by atoms with Gasteiger partial charge in [-0.15, -0.1) is 5.11 Å². The first-order valence-corrected chi connectivity index (χ1v) is 3.37. The van der Waals surface area contributed by atoms with E-state index in [9.17, 15) is 0 Å². The smallest absolute Gasteiger partial charge is 0.194 e. The second-order valence-corrected chi connectivity index (χ2v) is 2.68. The van der Waals surface area contributed by atoms with Crippen LogP contribution in [-0.4, -0.2) is 16.6 Å². The van der Waals surface area contributed by atoms with Crippen molar-refractivity contribution in [2.75, 3.05) is 0 Å². The zero-order valence-electron chi connectivity index (χ0n) is 4.97. The molecule has 1 atom stereocenters. The van der Waals surface area contributed by atoms with Crippen molar-refractivity contribution in [1.29, 1.82) is 10.9 Å². The van der Waals surface area contributed by atoms with Crippen molar-refractivity contribution >= 4 is 26.4 Å². The van der Waals surface area contributed by atoms with Crippen molar-refractivity contribution in [2.24, 2.45) is 10.3 Å². The largest absolute Gasteiger partial charge is 0.383 e. The second kappa shape index (κ2) is 2.87. The maximum absolute atomic E-state index is 7.05. The van der Waals surface area contributed by atoms with E-state index >= 15 is 0 Å². The molecule has 0 spiro atoms. The summed E-state index contributed by atoms with van der Waals surface area (Å²) in [6.45, 7) is 0. The van der Waals surface area contributed by atoms with Crippen molar-refractivity contribution in [1.82, 2.24) is 0 Å². The van der Waals surface area contributed by atoms with Gasteiger partial charge in [0.25, 0.3) is 0 Å². The summed E-state index contributed by atoms with van der Waals surface area (Å²) in [5.74, 6) is -0.0989. The molecule has 1 rings (SSSR count). The molecule has 10 heavy (non-hydrogen) atoms. The number of nitrogens with zero attached hydrogens (tertiary/aromatic N) is 2. The molecule has 5 nitrogen and oxygen atoms in total. The summed E-state index contributed by atoms with van der Waals surface area (Å²) in [6.07, 6.45) is 0.0353. The molecule has 1 unspecified atom stereocenters. The summed E-state index contributed by atoms with van der Waals surface area (Å²) >= 11 is 3.10. The minimum Gasteiger partial charge on any atom is -0.383 e. The Morgan fingerprint density at radius 3 is 3.00 bits per heavy atom. The van der Waals surface area contributed by atoms with Crippen molar-refractivity contribution in [3.63, 3.8) is 0 Å². The van der Waals surface area contributed by atoms with Gasteiger partial charge in [-0.2, -0.15) is 0 Å². The van der Waals surface area contributed by atoms with Gasteiger partial charge in [-0.25, -0.2) is 5.53 Å². The predicted molar refractivity (Wildman–Crippen MR) is 38.7 cm³/mol. The van der Waals surface area contributed by atoms with Crippen LogP contribution in [0.1, 0.15) is 6.42 Å². The molecule has 0 fully saturated rings. The lowest BCUT2D eigenvalue weighted by Crippen LogP contribution is -2.16. The summed E-state index contributed by atoms with van der Waals surface area (Å²) in [5.41, 5.74) is 6.49. The lowest BCUT2D eigenvalue weighted by molar-refractivity contribution is 0.131. The third kappa shape index (κ3) is 1.38. The maximum Gasteiger partial charge on any atom is 0.194 e. The molecule has 0 aromatic heterocycles. The average molecular weight is 205 g/mol. The molecule has 0 saturated heterocycles. The highest BCUT2D eigenvalue weighted by atomic mass is 79.9. The first-order valence-electron chi connectivity index (χ1n) is 2.58. The van der Waals surface area contributed by atoms with E-state index in [4.69, 9.17) is 15.8 Å². The molecule has 54 valence electrons. The lowest BCUT2D eigenvalue weighted by atomic mass is 10.2. The number of nitrogens with one attached hydrogen (secondary N) is 2. The summed E-state index contributed by atoms with van der Waals surface area (Å²) in [5, 5.41) is 13.5. The lowest BCUT2D eigenvalue weighted by Gasteiger charge is -2.01. The fourth-order valence-corrected chi connectivity index (χ4v) is 0.945. The first-order chi connectivity index (χ1) is 4.74. The molecule has 0 radical (unpaired) electrons. The molecule has 0 saturated carbocycles. The standard InChI is InChI=1S/C4H5BrN4O/c5-3-1-2(10-9-3)4(6)8-7/h2,6-7H,1H2. The van der Waals surface area contributed by atoms with E-state index in [2.05, 4.69) is 26.2 Å². The van der Waals surface area contributed by atoms with Crippen LogP contribution in [0.25, 0.3) is 0 Å². The highest BCUT2D eigenvalue weighted by Gasteiger charge is 2.23. The zero-order chi connectivity index (χ0) is 7.56. The van der Waals surface area contributed by atoms with E-state index in [1.54, 1.807) is 0 Å². The van der Waals surface area contributed by atoms with Crippen LogP contribution < -0.4 is 0 Å². The van der Waals surface area contributed by atoms with Gasteiger partial charge >= 0.3 is 0 Å². The molecule has 0 aliphatic carbocycles. The Bertz CT molecular complexity index is 201. The first kappa shape index (κ1) is 7.33. The van der Waals surface area contributed by atoms with Crippen LogP contribution in [0, 0.1) is 10.9 Å². The highest BCUT2D eigenvalue weighted by Crippen LogP contribution is 2.15.